The van der Waals surface area contributed by atoms with Crippen molar-refractivity contribution < 1.29 is 9.47 Å². The quantitative estimate of drug-likeness (QED) is 0.908. The number of hydrogen-bond donors (Lipinski definition) is 1. The second kappa shape index (κ2) is 6.35. The van der Waals surface area contributed by atoms with E-state index in [2.05, 4.69) is 11.9 Å². The molecule has 1 aromatic rings. The normalized spacial score (nSPS) is 19.7. The van der Waals surface area contributed by atoms with Crippen molar-refractivity contribution in [2.24, 2.45) is 10.7 Å². The van der Waals surface area contributed by atoms with Gasteiger partial charge >= 0.3 is 0 Å². The van der Waals surface area contributed by atoms with Gasteiger partial charge in [0.1, 0.15) is 18.5 Å². The van der Waals surface area contributed by atoms with E-state index in [9.17, 15) is 0 Å². The zero-order valence-electron chi connectivity index (χ0n) is 10.6. The van der Waals surface area contributed by atoms with Gasteiger partial charge < -0.3 is 15.2 Å². The van der Waals surface area contributed by atoms with Crippen LogP contribution in [0.3, 0.4) is 0 Å². The monoisotopic (exact) mass is 302 g/mol. The van der Waals surface area contributed by atoms with Crippen LogP contribution in [0.2, 0.25) is 10.0 Å². The number of ether oxygens (including phenoxy) is 2. The standard InChI is InChI=1S/C13H16Cl2N2O2/c1-2-10(6-9-7-18-13(16)17-9)19-12-4-3-8(14)5-11(12)15/h3-5,9-10H,2,6-7H2,1H3,(H2,16,17)/t9-,10+/m0/s1. The highest BCUT2D eigenvalue weighted by molar-refractivity contribution is 6.35. The number of nitrogens with zero attached hydrogens (tertiary/aromatic N) is 1. The van der Waals surface area contributed by atoms with Crippen molar-refractivity contribution in [1.82, 2.24) is 0 Å². The van der Waals surface area contributed by atoms with Gasteiger partial charge in [0, 0.05) is 11.4 Å². The van der Waals surface area contributed by atoms with E-state index in [1.807, 2.05) is 0 Å². The number of aliphatic imine (C=N–C) groups is 1. The maximum absolute atomic E-state index is 6.09. The molecule has 1 aliphatic rings. The lowest BCUT2D eigenvalue weighted by atomic mass is 10.1. The summed E-state index contributed by atoms with van der Waals surface area (Å²) in [6.07, 6.45) is 1.61. The predicted molar refractivity (Wildman–Crippen MR) is 77.1 cm³/mol. The summed E-state index contributed by atoms with van der Waals surface area (Å²) in [5.74, 6) is 0.633. The minimum atomic E-state index is 0.0157. The highest BCUT2D eigenvalue weighted by Gasteiger charge is 2.22. The summed E-state index contributed by atoms with van der Waals surface area (Å²) < 4.78 is 11.0. The molecule has 1 aromatic carbocycles. The summed E-state index contributed by atoms with van der Waals surface area (Å²) in [5.41, 5.74) is 5.49. The van der Waals surface area contributed by atoms with Gasteiger partial charge in [-0.15, -0.1) is 0 Å². The third kappa shape index (κ3) is 3.91. The molecule has 2 atom stereocenters. The summed E-state index contributed by atoms with van der Waals surface area (Å²) in [4.78, 5) is 4.19. The van der Waals surface area contributed by atoms with Crippen LogP contribution < -0.4 is 10.5 Å². The van der Waals surface area contributed by atoms with E-state index in [0.29, 0.717) is 22.4 Å². The molecule has 0 aromatic heterocycles. The van der Waals surface area contributed by atoms with Gasteiger partial charge in [0.25, 0.3) is 6.02 Å². The molecule has 104 valence electrons. The SMILES string of the molecule is CC[C@H](C[C@H]1COC(N)=N1)Oc1ccc(Cl)cc1Cl. The van der Waals surface area contributed by atoms with Gasteiger partial charge in [-0.1, -0.05) is 30.1 Å². The molecular weight excluding hydrogens is 287 g/mol. The van der Waals surface area contributed by atoms with Crippen molar-refractivity contribution in [3.05, 3.63) is 28.2 Å². The highest BCUT2D eigenvalue weighted by atomic mass is 35.5. The summed E-state index contributed by atoms with van der Waals surface area (Å²) in [6.45, 7) is 2.57. The van der Waals surface area contributed by atoms with Crippen LogP contribution in [-0.2, 0) is 4.74 Å². The first-order chi connectivity index (χ1) is 9.08. The molecule has 0 saturated carbocycles. The number of benzene rings is 1. The van der Waals surface area contributed by atoms with Crippen LogP contribution >= 0.6 is 23.2 Å². The molecule has 19 heavy (non-hydrogen) atoms. The molecule has 0 radical (unpaired) electrons. The minimum absolute atomic E-state index is 0.0157. The third-order valence-corrected chi connectivity index (χ3v) is 3.44. The van der Waals surface area contributed by atoms with E-state index in [1.165, 1.54) is 0 Å². The summed E-state index contributed by atoms with van der Waals surface area (Å²) >= 11 is 11.9. The first kappa shape index (κ1) is 14.3. The number of rotatable bonds is 5. The second-order valence-electron chi connectivity index (χ2n) is 4.39. The Balaban J connectivity index is 1.98. The number of halogens is 2. The van der Waals surface area contributed by atoms with Crippen LogP contribution in [0.4, 0.5) is 0 Å². The largest absolute Gasteiger partial charge is 0.489 e. The third-order valence-electron chi connectivity index (χ3n) is 2.91. The Hall–Kier alpha value is -1.13. The molecule has 0 bridgehead atoms. The molecule has 0 amide bonds. The average molecular weight is 303 g/mol. The number of amidine groups is 1. The lowest BCUT2D eigenvalue weighted by Gasteiger charge is -2.19. The maximum Gasteiger partial charge on any atom is 0.282 e. The first-order valence-electron chi connectivity index (χ1n) is 6.16. The van der Waals surface area contributed by atoms with E-state index < -0.39 is 0 Å². The van der Waals surface area contributed by atoms with Crippen LogP contribution in [0.25, 0.3) is 0 Å². The highest BCUT2D eigenvalue weighted by Crippen LogP contribution is 2.29. The van der Waals surface area contributed by atoms with E-state index in [0.717, 1.165) is 12.8 Å². The van der Waals surface area contributed by atoms with Crippen molar-refractivity contribution in [3.63, 3.8) is 0 Å². The molecule has 0 unspecified atom stereocenters. The van der Waals surface area contributed by atoms with Crippen LogP contribution in [0.1, 0.15) is 19.8 Å². The Morgan fingerprint density at radius 2 is 2.32 bits per heavy atom. The molecule has 0 saturated heterocycles. The van der Waals surface area contributed by atoms with Crippen molar-refractivity contribution in [2.45, 2.75) is 31.9 Å². The lowest BCUT2D eigenvalue weighted by Crippen LogP contribution is -2.22. The molecular formula is C13H16Cl2N2O2. The number of nitrogens with two attached hydrogens (primary N) is 1. The summed E-state index contributed by atoms with van der Waals surface area (Å²) in [5, 5.41) is 1.10. The van der Waals surface area contributed by atoms with E-state index in [-0.39, 0.29) is 18.2 Å². The summed E-state index contributed by atoms with van der Waals surface area (Å²) in [7, 11) is 0. The topological polar surface area (TPSA) is 56.8 Å². The van der Waals surface area contributed by atoms with Gasteiger partial charge in [-0.05, 0) is 24.6 Å². The zero-order chi connectivity index (χ0) is 13.8. The summed E-state index contributed by atoms with van der Waals surface area (Å²) in [6, 6.07) is 5.50. The molecule has 4 nitrogen and oxygen atoms in total. The van der Waals surface area contributed by atoms with Gasteiger partial charge in [-0.25, -0.2) is 4.99 Å². The Morgan fingerprint density at radius 3 is 2.89 bits per heavy atom. The molecule has 1 aliphatic heterocycles. The van der Waals surface area contributed by atoms with Crippen LogP contribution in [0, 0.1) is 0 Å². The van der Waals surface area contributed by atoms with Crippen LogP contribution in [-0.4, -0.2) is 24.8 Å². The molecule has 1 heterocycles. The van der Waals surface area contributed by atoms with Gasteiger partial charge in [-0.3, -0.25) is 0 Å². The van der Waals surface area contributed by atoms with Gasteiger partial charge in [0.2, 0.25) is 0 Å². The molecule has 0 aliphatic carbocycles. The Kier molecular flexibility index (Phi) is 4.77. The molecule has 6 heteroatoms. The fourth-order valence-corrected chi connectivity index (χ4v) is 2.36. The second-order valence-corrected chi connectivity index (χ2v) is 5.23. The van der Waals surface area contributed by atoms with Crippen molar-refractivity contribution in [3.8, 4) is 5.75 Å². The smallest absolute Gasteiger partial charge is 0.282 e. The van der Waals surface area contributed by atoms with E-state index >= 15 is 0 Å². The van der Waals surface area contributed by atoms with E-state index in [1.54, 1.807) is 18.2 Å². The van der Waals surface area contributed by atoms with Gasteiger partial charge in [0.15, 0.2) is 0 Å². The molecule has 2 rings (SSSR count). The zero-order valence-corrected chi connectivity index (χ0v) is 12.1. The molecule has 0 fully saturated rings. The Labute approximate surface area is 122 Å². The van der Waals surface area contributed by atoms with Crippen molar-refractivity contribution in [2.75, 3.05) is 6.61 Å². The van der Waals surface area contributed by atoms with Gasteiger partial charge in [0.05, 0.1) is 11.1 Å². The molecule has 0 spiro atoms. The Bertz CT molecular complexity index is 480. The number of hydrogen-bond acceptors (Lipinski definition) is 4. The average Bonchev–Trinajstić information content (AvgIpc) is 2.77. The van der Waals surface area contributed by atoms with Crippen molar-refractivity contribution in [1.29, 1.82) is 0 Å². The minimum Gasteiger partial charge on any atom is -0.489 e. The fourth-order valence-electron chi connectivity index (χ4n) is 1.91. The van der Waals surface area contributed by atoms with E-state index in [4.69, 9.17) is 38.4 Å². The maximum atomic E-state index is 6.09. The molecule has 2 N–H and O–H groups in total. The van der Waals surface area contributed by atoms with Crippen LogP contribution in [0.5, 0.6) is 5.75 Å². The fraction of sp³-hybridized carbons (Fsp3) is 0.462. The first-order valence-corrected chi connectivity index (χ1v) is 6.92. The van der Waals surface area contributed by atoms with Crippen molar-refractivity contribution >= 4 is 29.2 Å². The Morgan fingerprint density at radius 1 is 1.53 bits per heavy atom. The lowest BCUT2D eigenvalue weighted by molar-refractivity contribution is 0.168. The van der Waals surface area contributed by atoms with Gasteiger partial charge in [-0.2, -0.15) is 0 Å². The predicted octanol–water partition coefficient (Wildman–Crippen LogP) is 3.25. The van der Waals surface area contributed by atoms with Crippen LogP contribution in [0.15, 0.2) is 23.2 Å².